The standard InChI is InChI=1S/C15H11N3OS2/c19-14-13(9-12-3-1-2-6-17-12)21-15(20)18(14)10-11-4-7-16-8-5-11/h1-9H,10H2. The van der Waals surface area contributed by atoms with Crippen LogP contribution in [0.15, 0.2) is 53.8 Å². The van der Waals surface area contributed by atoms with Crippen molar-refractivity contribution < 1.29 is 4.79 Å². The Hall–Kier alpha value is -2.05. The summed E-state index contributed by atoms with van der Waals surface area (Å²) < 4.78 is 0.569. The second-order valence-electron chi connectivity index (χ2n) is 4.38. The van der Waals surface area contributed by atoms with Crippen LogP contribution in [0.5, 0.6) is 0 Å². The number of rotatable bonds is 3. The van der Waals surface area contributed by atoms with Crippen LogP contribution >= 0.6 is 24.0 Å². The van der Waals surface area contributed by atoms with Gasteiger partial charge in [0.15, 0.2) is 0 Å². The molecule has 0 radical (unpaired) electrons. The number of aromatic nitrogens is 2. The van der Waals surface area contributed by atoms with Gasteiger partial charge in [0.1, 0.15) is 4.32 Å². The number of thioether (sulfide) groups is 1. The monoisotopic (exact) mass is 313 g/mol. The second-order valence-corrected chi connectivity index (χ2v) is 6.05. The Bertz CT molecular complexity index is 701. The van der Waals surface area contributed by atoms with E-state index in [0.717, 1.165) is 11.3 Å². The fraction of sp³-hybridized carbons (Fsp3) is 0.0667. The third-order valence-electron chi connectivity index (χ3n) is 2.93. The number of hydrogen-bond acceptors (Lipinski definition) is 5. The lowest BCUT2D eigenvalue weighted by molar-refractivity contribution is -0.122. The molecule has 21 heavy (non-hydrogen) atoms. The Morgan fingerprint density at radius 3 is 2.71 bits per heavy atom. The second kappa shape index (κ2) is 6.15. The van der Waals surface area contributed by atoms with E-state index in [1.165, 1.54) is 11.8 Å². The van der Waals surface area contributed by atoms with Crippen molar-refractivity contribution in [3.8, 4) is 0 Å². The highest BCUT2D eigenvalue weighted by Gasteiger charge is 2.31. The summed E-state index contributed by atoms with van der Waals surface area (Å²) in [5.74, 6) is -0.0764. The van der Waals surface area contributed by atoms with Crippen molar-refractivity contribution >= 4 is 40.3 Å². The molecular formula is C15H11N3OS2. The molecule has 0 saturated carbocycles. The highest BCUT2D eigenvalue weighted by molar-refractivity contribution is 8.26. The van der Waals surface area contributed by atoms with Crippen molar-refractivity contribution in [3.05, 3.63) is 65.1 Å². The summed E-state index contributed by atoms with van der Waals surface area (Å²) in [5, 5.41) is 0. The van der Waals surface area contributed by atoms with Crippen LogP contribution in [0.1, 0.15) is 11.3 Å². The van der Waals surface area contributed by atoms with Crippen LogP contribution in [-0.4, -0.2) is 25.1 Å². The summed E-state index contributed by atoms with van der Waals surface area (Å²) in [7, 11) is 0. The average molecular weight is 313 g/mol. The third-order valence-corrected chi connectivity index (χ3v) is 4.31. The Morgan fingerprint density at radius 1 is 1.19 bits per heavy atom. The number of pyridine rings is 2. The summed E-state index contributed by atoms with van der Waals surface area (Å²) in [6.45, 7) is 0.465. The van der Waals surface area contributed by atoms with Gasteiger partial charge in [0.05, 0.1) is 17.1 Å². The van der Waals surface area contributed by atoms with Crippen molar-refractivity contribution in [3.63, 3.8) is 0 Å². The Kier molecular flexibility index (Phi) is 4.08. The maximum absolute atomic E-state index is 12.4. The molecule has 2 aromatic rings. The number of amides is 1. The summed E-state index contributed by atoms with van der Waals surface area (Å²) in [5.41, 5.74) is 1.75. The first-order valence-corrected chi connectivity index (χ1v) is 7.52. The van der Waals surface area contributed by atoms with E-state index in [-0.39, 0.29) is 5.91 Å². The predicted octanol–water partition coefficient (Wildman–Crippen LogP) is 2.88. The molecule has 1 fully saturated rings. The van der Waals surface area contributed by atoms with Gasteiger partial charge in [0.25, 0.3) is 5.91 Å². The molecule has 2 aromatic heterocycles. The molecule has 0 spiro atoms. The summed E-state index contributed by atoms with van der Waals surface area (Å²) >= 11 is 6.61. The molecule has 0 atom stereocenters. The molecule has 1 saturated heterocycles. The minimum Gasteiger partial charge on any atom is -0.288 e. The van der Waals surface area contributed by atoms with Crippen molar-refractivity contribution in [1.29, 1.82) is 0 Å². The van der Waals surface area contributed by atoms with Crippen LogP contribution in [0.4, 0.5) is 0 Å². The van der Waals surface area contributed by atoms with Gasteiger partial charge < -0.3 is 0 Å². The summed E-state index contributed by atoms with van der Waals surface area (Å²) in [6, 6.07) is 9.33. The van der Waals surface area contributed by atoms with Gasteiger partial charge in [0, 0.05) is 18.6 Å². The maximum Gasteiger partial charge on any atom is 0.266 e. The zero-order chi connectivity index (χ0) is 14.7. The van der Waals surface area contributed by atoms with Gasteiger partial charge in [-0.05, 0) is 35.9 Å². The molecule has 4 nitrogen and oxygen atoms in total. The fourth-order valence-electron chi connectivity index (χ4n) is 1.90. The number of thiocarbonyl (C=S) groups is 1. The highest BCUT2D eigenvalue weighted by atomic mass is 32.2. The van der Waals surface area contributed by atoms with E-state index in [1.54, 1.807) is 29.6 Å². The van der Waals surface area contributed by atoms with E-state index in [9.17, 15) is 4.79 Å². The first-order chi connectivity index (χ1) is 10.2. The lowest BCUT2D eigenvalue weighted by atomic mass is 10.2. The lowest BCUT2D eigenvalue weighted by Gasteiger charge is -2.13. The molecule has 3 rings (SSSR count). The average Bonchev–Trinajstić information content (AvgIpc) is 2.77. The van der Waals surface area contributed by atoms with Crippen molar-refractivity contribution in [2.75, 3.05) is 0 Å². The van der Waals surface area contributed by atoms with Crippen LogP contribution in [-0.2, 0) is 11.3 Å². The van der Waals surface area contributed by atoms with Gasteiger partial charge in [-0.2, -0.15) is 0 Å². The van der Waals surface area contributed by atoms with Crippen LogP contribution in [0.3, 0.4) is 0 Å². The summed E-state index contributed by atoms with van der Waals surface area (Å²) in [6.07, 6.45) is 6.88. The highest BCUT2D eigenvalue weighted by Crippen LogP contribution is 2.33. The van der Waals surface area contributed by atoms with E-state index in [2.05, 4.69) is 9.97 Å². The van der Waals surface area contributed by atoms with E-state index in [1.807, 2.05) is 30.3 Å². The molecule has 3 heterocycles. The van der Waals surface area contributed by atoms with Gasteiger partial charge in [-0.25, -0.2) is 0 Å². The Balaban J connectivity index is 1.81. The van der Waals surface area contributed by atoms with E-state index in [4.69, 9.17) is 12.2 Å². The van der Waals surface area contributed by atoms with Crippen molar-refractivity contribution in [1.82, 2.24) is 14.9 Å². The Labute approximate surface area is 131 Å². The Morgan fingerprint density at radius 2 is 2.00 bits per heavy atom. The molecule has 6 heteroatoms. The minimum absolute atomic E-state index is 0.0764. The normalized spacial score (nSPS) is 16.8. The molecule has 1 aliphatic rings. The SMILES string of the molecule is O=C1C(=Cc2ccccn2)SC(=S)N1Cc1ccncc1. The first-order valence-electron chi connectivity index (χ1n) is 6.29. The quantitative estimate of drug-likeness (QED) is 0.644. The van der Waals surface area contributed by atoms with Gasteiger partial charge >= 0.3 is 0 Å². The molecular weight excluding hydrogens is 302 g/mol. The van der Waals surface area contributed by atoms with E-state index >= 15 is 0 Å². The number of carbonyl (C=O) groups excluding carboxylic acids is 1. The van der Waals surface area contributed by atoms with E-state index in [0.29, 0.717) is 15.8 Å². The molecule has 1 amide bonds. The molecule has 0 unspecified atom stereocenters. The molecule has 104 valence electrons. The van der Waals surface area contributed by atoms with Crippen molar-refractivity contribution in [2.45, 2.75) is 6.54 Å². The molecule has 0 bridgehead atoms. The smallest absolute Gasteiger partial charge is 0.266 e. The fourth-order valence-corrected chi connectivity index (χ4v) is 3.14. The zero-order valence-electron chi connectivity index (χ0n) is 11.0. The largest absolute Gasteiger partial charge is 0.288 e. The van der Waals surface area contributed by atoms with Gasteiger partial charge in [-0.1, -0.05) is 30.0 Å². The third kappa shape index (κ3) is 3.17. The van der Waals surface area contributed by atoms with Crippen LogP contribution in [0.2, 0.25) is 0 Å². The van der Waals surface area contributed by atoms with E-state index < -0.39 is 0 Å². The van der Waals surface area contributed by atoms with Gasteiger partial charge in [-0.3, -0.25) is 19.7 Å². The van der Waals surface area contributed by atoms with Crippen LogP contribution in [0, 0.1) is 0 Å². The molecule has 1 aliphatic heterocycles. The molecule has 0 aromatic carbocycles. The topological polar surface area (TPSA) is 46.1 Å². The maximum atomic E-state index is 12.4. The minimum atomic E-state index is -0.0764. The van der Waals surface area contributed by atoms with Crippen LogP contribution < -0.4 is 0 Å². The number of carbonyl (C=O) groups is 1. The number of nitrogens with zero attached hydrogens (tertiary/aromatic N) is 3. The van der Waals surface area contributed by atoms with Gasteiger partial charge in [0.2, 0.25) is 0 Å². The lowest BCUT2D eigenvalue weighted by Crippen LogP contribution is -2.27. The zero-order valence-corrected chi connectivity index (χ0v) is 12.6. The van der Waals surface area contributed by atoms with Gasteiger partial charge in [-0.15, -0.1) is 0 Å². The molecule has 0 aliphatic carbocycles. The predicted molar refractivity (Wildman–Crippen MR) is 87.2 cm³/mol. The molecule has 0 N–H and O–H groups in total. The summed E-state index contributed by atoms with van der Waals surface area (Å²) in [4.78, 5) is 22.8. The first kappa shape index (κ1) is 13.9. The van der Waals surface area contributed by atoms with Crippen molar-refractivity contribution in [2.24, 2.45) is 0 Å². The number of hydrogen-bond donors (Lipinski definition) is 0. The van der Waals surface area contributed by atoms with Crippen LogP contribution in [0.25, 0.3) is 6.08 Å².